The summed E-state index contributed by atoms with van der Waals surface area (Å²) in [5.41, 5.74) is -0.308. The van der Waals surface area contributed by atoms with E-state index in [2.05, 4.69) is 5.32 Å². The lowest BCUT2D eigenvalue weighted by molar-refractivity contribution is -0.109. The van der Waals surface area contributed by atoms with Crippen molar-refractivity contribution in [3.63, 3.8) is 0 Å². The van der Waals surface area contributed by atoms with E-state index < -0.39 is 17.7 Å². The van der Waals surface area contributed by atoms with Gasteiger partial charge in [0.2, 0.25) is 0 Å². The van der Waals surface area contributed by atoms with Gasteiger partial charge < -0.3 is 20.0 Å². The SMILES string of the molecule is CC(C)(C)OC(=O)NC(C=O)c1c(O)ccc2ccccc12. The van der Waals surface area contributed by atoms with E-state index in [1.165, 1.54) is 6.07 Å². The Hall–Kier alpha value is -2.56. The Labute approximate surface area is 128 Å². The number of phenolic OH excluding ortho intramolecular Hbond substituents is 1. The average molecular weight is 301 g/mol. The fourth-order valence-electron chi connectivity index (χ4n) is 2.22. The standard InChI is InChI=1S/C17H19NO4/c1-17(2,3)22-16(21)18-13(10-19)15-12-7-5-4-6-11(12)8-9-14(15)20/h4-10,13,20H,1-3H3,(H,18,21). The minimum atomic E-state index is -0.985. The zero-order valence-corrected chi connectivity index (χ0v) is 12.8. The van der Waals surface area contributed by atoms with E-state index in [0.717, 1.165) is 5.39 Å². The molecular weight excluding hydrogens is 282 g/mol. The maximum atomic E-state index is 11.9. The molecule has 5 heteroatoms. The highest BCUT2D eigenvalue weighted by Crippen LogP contribution is 2.31. The van der Waals surface area contributed by atoms with E-state index in [1.807, 2.05) is 12.1 Å². The number of hydrogen-bond donors (Lipinski definition) is 2. The Morgan fingerprint density at radius 3 is 2.55 bits per heavy atom. The van der Waals surface area contributed by atoms with Gasteiger partial charge in [0, 0.05) is 5.56 Å². The summed E-state index contributed by atoms with van der Waals surface area (Å²) in [6.45, 7) is 5.20. The van der Waals surface area contributed by atoms with Crippen molar-refractivity contribution >= 4 is 23.2 Å². The molecule has 5 nitrogen and oxygen atoms in total. The second-order valence-electron chi connectivity index (χ2n) is 5.98. The number of phenols is 1. The quantitative estimate of drug-likeness (QED) is 0.853. The molecule has 0 fully saturated rings. The van der Waals surface area contributed by atoms with Gasteiger partial charge in [-0.05, 0) is 37.6 Å². The second kappa shape index (κ2) is 6.05. The second-order valence-corrected chi connectivity index (χ2v) is 5.98. The van der Waals surface area contributed by atoms with Gasteiger partial charge in [0.05, 0.1) is 0 Å². The summed E-state index contributed by atoms with van der Waals surface area (Å²) in [4.78, 5) is 23.3. The van der Waals surface area contributed by atoms with Crippen molar-refractivity contribution in [3.05, 3.63) is 42.0 Å². The zero-order valence-electron chi connectivity index (χ0n) is 12.8. The van der Waals surface area contributed by atoms with E-state index >= 15 is 0 Å². The summed E-state index contributed by atoms with van der Waals surface area (Å²) in [6, 6.07) is 9.60. The van der Waals surface area contributed by atoms with Gasteiger partial charge in [0.15, 0.2) is 0 Å². The third kappa shape index (κ3) is 3.55. The Morgan fingerprint density at radius 1 is 1.23 bits per heavy atom. The van der Waals surface area contributed by atoms with E-state index in [0.29, 0.717) is 17.2 Å². The third-order valence-electron chi connectivity index (χ3n) is 3.07. The summed E-state index contributed by atoms with van der Waals surface area (Å²) in [5, 5.41) is 14.2. The molecule has 0 radical (unpaired) electrons. The van der Waals surface area contributed by atoms with Crippen molar-refractivity contribution in [2.24, 2.45) is 0 Å². The van der Waals surface area contributed by atoms with Crippen LogP contribution in [0.2, 0.25) is 0 Å². The van der Waals surface area contributed by atoms with Crippen LogP contribution < -0.4 is 5.32 Å². The van der Waals surface area contributed by atoms with Crippen LogP contribution in [0.4, 0.5) is 4.79 Å². The third-order valence-corrected chi connectivity index (χ3v) is 3.07. The lowest BCUT2D eigenvalue weighted by Crippen LogP contribution is -2.35. The highest BCUT2D eigenvalue weighted by molar-refractivity contribution is 5.91. The number of alkyl carbamates (subject to hydrolysis) is 1. The minimum absolute atomic E-state index is 0.0492. The molecule has 0 aliphatic carbocycles. The number of nitrogens with one attached hydrogen (secondary N) is 1. The number of aromatic hydroxyl groups is 1. The van der Waals surface area contributed by atoms with Gasteiger partial charge >= 0.3 is 6.09 Å². The number of ether oxygens (including phenoxy) is 1. The Morgan fingerprint density at radius 2 is 1.91 bits per heavy atom. The van der Waals surface area contributed by atoms with Crippen LogP contribution in [0.5, 0.6) is 5.75 Å². The molecule has 2 N–H and O–H groups in total. The molecule has 0 spiro atoms. The first-order chi connectivity index (χ1) is 10.3. The van der Waals surface area contributed by atoms with Crippen LogP contribution in [-0.2, 0) is 9.53 Å². The summed E-state index contributed by atoms with van der Waals surface area (Å²) in [7, 11) is 0. The number of benzene rings is 2. The van der Waals surface area contributed by atoms with Crippen LogP contribution in [0.3, 0.4) is 0 Å². The molecule has 0 heterocycles. The van der Waals surface area contributed by atoms with Crippen molar-refractivity contribution < 1.29 is 19.4 Å². The summed E-state index contributed by atoms with van der Waals surface area (Å²) in [6.07, 6.45) is -0.136. The minimum Gasteiger partial charge on any atom is -0.508 e. The number of carbonyl (C=O) groups excluding carboxylic acids is 2. The molecule has 22 heavy (non-hydrogen) atoms. The highest BCUT2D eigenvalue weighted by Gasteiger charge is 2.23. The monoisotopic (exact) mass is 301 g/mol. The molecule has 1 amide bonds. The van der Waals surface area contributed by atoms with Gasteiger partial charge in [-0.1, -0.05) is 30.3 Å². The van der Waals surface area contributed by atoms with Crippen LogP contribution in [0.15, 0.2) is 36.4 Å². The Bertz CT molecular complexity index is 703. The van der Waals surface area contributed by atoms with E-state index in [1.54, 1.807) is 39.0 Å². The van der Waals surface area contributed by atoms with Crippen molar-refractivity contribution in [1.29, 1.82) is 0 Å². The van der Waals surface area contributed by atoms with Crippen molar-refractivity contribution in [2.75, 3.05) is 0 Å². The molecule has 0 aliphatic heterocycles. The number of carbonyl (C=O) groups is 2. The first kappa shape index (κ1) is 15.8. The number of amides is 1. The van der Waals surface area contributed by atoms with Gasteiger partial charge in [-0.3, -0.25) is 0 Å². The number of fused-ring (bicyclic) bond motifs is 1. The Kier molecular flexibility index (Phi) is 4.35. The molecule has 0 bridgehead atoms. The molecule has 1 atom stereocenters. The first-order valence-electron chi connectivity index (χ1n) is 6.97. The summed E-state index contributed by atoms with van der Waals surface area (Å²) >= 11 is 0. The molecule has 0 saturated heterocycles. The molecule has 2 aromatic rings. The maximum Gasteiger partial charge on any atom is 0.408 e. The molecule has 0 aliphatic rings. The van der Waals surface area contributed by atoms with Crippen LogP contribution in [0.1, 0.15) is 32.4 Å². The molecule has 2 rings (SSSR count). The van der Waals surface area contributed by atoms with Crippen LogP contribution in [0.25, 0.3) is 10.8 Å². The predicted octanol–water partition coefficient (Wildman–Crippen LogP) is 3.31. The van der Waals surface area contributed by atoms with E-state index in [4.69, 9.17) is 4.74 Å². The lowest BCUT2D eigenvalue weighted by atomic mass is 9.98. The van der Waals surface area contributed by atoms with Crippen LogP contribution in [0, 0.1) is 0 Å². The van der Waals surface area contributed by atoms with Crippen LogP contribution >= 0.6 is 0 Å². The highest BCUT2D eigenvalue weighted by atomic mass is 16.6. The van der Waals surface area contributed by atoms with Gasteiger partial charge in [-0.15, -0.1) is 0 Å². The molecule has 2 aromatic carbocycles. The summed E-state index contributed by atoms with van der Waals surface area (Å²) in [5.74, 6) is -0.0492. The maximum absolute atomic E-state index is 11.9. The zero-order chi connectivity index (χ0) is 16.3. The van der Waals surface area contributed by atoms with E-state index in [9.17, 15) is 14.7 Å². The number of hydrogen-bond acceptors (Lipinski definition) is 4. The molecule has 1 unspecified atom stereocenters. The van der Waals surface area contributed by atoms with Gasteiger partial charge in [-0.25, -0.2) is 4.79 Å². The normalized spacial score (nSPS) is 12.7. The van der Waals surface area contributed by atoms with Gasteiger partial charge in [0.1, 0.15) is 23.7 Å². The molecule has 116 valence electrons. The fraction of sp³-hybridized carbons (Fsp3) is 0.294. The number of aldehydes is 1. The summed E-state index contributed by atoms with van der Waals surface area (Å²) < 4.78 is 5.15. The number of rotatable bonds is 3. The topological polar surface area (TPSA) is 75.6 Å². The fourth-order valence-corrected chi connectivity index (χ4v) is 2.22. The molecule has 0 aromatic heterocycles. The predicted molar refractivity (Wildman–Crippen MR) is 83.8 cm³/mol. The molecule has 0 saturated carbocycles. The first-order valence-corrected chi connectivity index (χ1v) is 6.97. The van der Waals surface area contributed by atoms with Gasteiger partial charge in [0.25, 0.3) is 0 Å². The smallest absolute Gasteiger partial charge is 0.408 e. The van der Waals surface area contributed by atoms with Crippen LogP contribution in [-0.4, -0.2) is 23.1 Å². The van der Waals surface area contributed by atoms with Gasteiger partial charge in [-0.2, -0.15) is 0 Å². The van der Waals surface area contributed by atoms with E-state index in [-0.39, 0.29) is 5.75 Å². The lowest BCUT2D eigenvalue weighted by Gasteiger charge is -2.22. The van der Waals surface area contributed by atoms with Crippen molar-refractivity contribution in [3.8, 4) is 5.75 Å². The molecular formula is C17H19NO4. The largest absolute Gasteiger partial charge is 0.508 e. The average Bonchev–Trinajstić information content (AvgIpc) is 2.43. The van der Waals surface area contributed by atoms with Crippen molar-refractivity contribution in [2.45, 2.75) is 32.4 Å². The van der Waals surface area contributed by atoms with Crippen molar-refractivity contribution in [1.82, 2.24) is 5.32 Å². The Balaban J connectivity index is 2.38.